The van der Waals surface area contributed by atoms with Gasteiger partial charge >= 0.3 is 11.9 Å². The quantitative estimate of drug-likeness (QED) is 0.517. The minimum Gasteiger partial charge on any atom is -0.479 e. The third kappa shape index (κ3) is 11.0. The van der Waals surface area contributed by atoms with Crippen molar-refractivity contribution in [2.45, 2.75) is 32.6 Å². The van der Waals surface area contributed by atoms with Crippen molar-refractivity contribution in [3.63, 3.8) is 0 Å². The van der Waals surface area contributed by atoms with Crippen LogP contribution in [0.25, 0.3) is 0 Å². The molecule has 0 radical (unpaired) electrons. The number of carboxylic acid groups (broad SMARTS) is 1. The second-order valence-electron chi connectivity index (χ2n) is 3.21. The van der Waals surface area contributed by atoms with E-state index < -0.39 is 18.5 Å². The van der Waals surface area contributed by atoms with E-state index >= 15 is 0 Å². The second-order valence-corrected chi connectivity index (χ2v) is 4.48. The average molecular weight is 248 g/mol. The van der Waals surface area contributed by atoms with Crippen LogP contribution in [0, 0.1) is 0 Å². The number of carbonyl (C=O) groups excluding carboxylic acids is 2. The van der Waals surface area contributed by atoms with Crippen LogP contribution in [0.4, 0.5) is 0 Å². The van der Waals surface area contributed by atoms with E-state index in [9.17, 15) is 14.4 Å². The predicted molar refractivity (Wildman–Crippen MR) is 60.2 cm³/mol. The zero-order chi connectivity index (χ0) is 12.4. The lowest BCUT2D eigenvalue weighted by atomic mass is 10.2. The van der Waals surface area contributed by atoms with Crippen molar-refractivity contribution in [1.82, 2.24) is 0 Å². The van der Waals surface area contributed by atoms with Crippen molar-refractivity contribution < 1.29 is 24.2 Å². The molecule has 92 valence electrons. The summed E-state index contributed by atoms with van der Waals surface area (Å²) in [5, 5.41) is 8.34. The van der Waals surface area contributed by atoms with E-state index in [-0.39, 0.29) is 11.5 Å². The number of ether oxygens (including phenoxy) is 1. The molecule has 6 heteroatoms. The Morgan fingerprint density at radius 2 is 1.88 bits per heavy atom. The average Bonchev–Trinajstić information content (AvgIpc) is 2.19. The molecule has 0 aromatic rings. The summed E-state index contributed by atoms with van der Waals surface area (Å²) in [5.41, 5.74) is 0. The maximum Gasteiger partial charge on any atom is 0.341 e. The number of rotatable bonds is 8. The molecule has 0 unspecified atom stereocenters. The number of carbonyl (C=O) groups is 3. The summed E-state index contributed by atoms with van der Waals surface area (Å²) in [6.07, 6.45) is 2.61. The predicted octanol–water partition coefficient (Wildman–Crippen LogP) is 1.45. The molecule has 0 saturated heterocycles. The van der Waals surface area contributed by atoms with Gasteiger partial charge in [0.15, 0.2) is 11.7 Å². The van der Waals surface area contributed by atoms with Crippen LogP contribution in [0.1, 0.15) is 32.6 Å². The van der Waals surface area contributed by atoms with Crippen LogP contribution in [-0.2, 0) is 19.1 Å². The number of hydrogen-bond acceptors (Lipinski definition) is 5. The van der Waals surface area contributed by atoms with Gasteiger partial charge in [0, 0.05) is 19.1 Å². The van der Waals surface area contributed by atoms with E-state index in [4.69, 9.17) is 5.11 Å². The zero-order valence-corrected chi connectivity index (χ0v) is 10.0. The molecule has 0 saturated carbocycles. The van der Waals surface area contributed by atoms with Crippen LogP contribution in [0.2, 0.25) is 0 Å². The fraction of sp³-hybridized carbons (Fsp3) is 0.700. The standard InChI is InChI=1S/C10H16O5S/c1-8(11)16-6-4-2-3-5-10(14)15-7-9(12)13/h2-7H2,1H3,(H,12,13). The summed E-state index contributed by atoms with van der Waals surface area (Å²) in [5.74, 6) is -0.868. The lowest BCUT2D eigenvalue weighted by Gasteiger charge is -2.01. The third-order valence-electron chi connectivity index (χ3n) is 1.69. The number of thioether (sulfide) groups is 1. The lowest BCUT2D eigenvalue weighted by molar-refractivity contribution is -0.155. The fourth-order valence-corrected chi connectivity index (χ4v) is 1.61. The molecule has 0 heterocycles. The first-order chi connectivity index (χ1) is 7.52. The number of aliphatic carboxylic acids is 1. The van der Waals surface area contributed by atoms with E-state index in [2.05, 4.69) is 4.74 Å². The Kier molecular flexibility index (Phi) is 8.61. The Hall–Kier alpha value is -1.04. The highest BCUT2D eigenvalue weighted by Gasteiger charge is 2.05. The second kappa shape index (κ2) is 9.21. The van der Waals surface area contributed by atoms with E-state index in [0.29, 0.717) is 6.42 Å². The van der Waals surface area contributed by atoms with Crippen molar-refractivity contribution in [3.05, 3.63) is 0 Å². The van der Waals surface area contributed by atoms with Crippen LogP contribution in [0.15, 0.2) is 0 Å². The van der Waals surface area contributed by atoms with E-state index in [0.717, 1.165) is 18.6 Å². The number of unbranched alkanes of at least 4 members (excludes halogenated alkanes) is 2. The maximum atomic E-state index is 10.9. The molecule has 0 aliphatic carbocycles. The smallest absolute Gasteiger partial charge is 0.341 e. The first kappa shape index (κ1) is 15.0. The minimum absolute atomic E-state index is 0.0980. The molecule has 0 spiro atoms. The molecule has 0 aliphatic rings. The molecule has 0 bridgehead atoms. The molecule has 5 nitrogen and oxygen atoms in total. The Morgan fingerprint density at radius 1 is 1.19 bits per heavy atom. The van der Waals surface area contributed by atoms with Crippen LogP contribution in [0.5, 0.6) is 0 Å². The van der Waals surface area contributed by atoms with Gasteiger partial charge < -0.3 is 9.84 Å². The lowest BCUT2D eigenvalue weighted by Crippen LogP contribution is -2.12. The van der Waals surface area contributed by atoms with E-state index in [1.807, 2.05) is 0 Å². The summed E-state index contributed by atoms with van der Waals surface area (Å²) in [6.45, 7) is 0.951. The van der Waals surface area contributed by atoms with Crippen molar-refractivity contribution in [2.24, 2.45) is 0 Å². The highest BCUT2D eigenvalue weighted by Crippen LogP contribution is 2.08. The van der Waals surface area contributed by atoms with Gasteiger partial charge in [0.1, 0.15) is 0 Å². The molecule has 0 amide bonds. The molecule has 0 fully saturated rings. The van der Waals surface area contributed by atoms with Crippen LogP contribution < -0.4 is 0 Å². The van der Waals surface area contributed by atoms with Crippen molar-refractivity contribution in [2.75, 3.05) is 12.4 Å². The van der Waals surface area contributed by atoms with Crippen LogP contribution >= 0.6 is 11.8 Å². The van der Waals surface area contributed by atoms with Gasteiger partial charge in [-0.1, -0.05) is 18.2 Å². The number of hydrogen-bond donors (Lipinski definition) is 1. The highest BCUT2D eigenvalue weighted by molar-refractivity contribution is 8.13. The Labute approximate surface area is 98.5 Å². The SMILES string of the molecule is CC(=O)SCCCCCC(=O)OCC(=O)O. The summed E-state index contributed by atoms with van der Waals surface area (Å²) in [7, 11) is 0. The zero-order valence-electron chi connectivity index (χ0n) is 9.23. The van der Waals surface area contributed by atoms with Gasteiger partial charge in [-0.25, -0.2) is 4.79 Å². The van der Waals surface area contributed by atoms with Gasteiger partial charge in [-0.15, -0.1) is 0 Å². The van der Waals surface area contributed by atoms with Gasteiger partial charge in [-0.3, -0.25) is 9.59 Å². The number of carboxylic acids is 1. The highest BCUT2D eigenvalue weighted by atomic mass is 32.2. The summed E-state index contributed by atoms with van der Waals surface area (Å²) in [4.78, 5) is 31.6. The van der Waals surface area contributed by atoms with Gasteiger partial charge in [0.05, 0.1) is 0 Å². The van der Waals surface area contributed by atoms with Gasteiger partial charge in [0.25, 0.3) is 0 Å². The molecule has 0 aliphatic heterocycles. The molecule has 0 rings (SSSR count). The first-order valence-corrected chi connectivity index (χ1v) is 6.01. The molecule has 0 atom stereocenters. The van der Waals surface area contributed by atoms with Gasteiger partial charge in [0.2, 0.25) is 0 Å². The Morgan fingerprint density at radius 3 is 2.44 bits per heavy atom. The third-order valence-corrected chi connectivity index (χ3v) is 2.59. The van der Waals surface area contributed by atoms with E-state index in [1.54, 1.807) is 0 Å². The topological polar surface area (TPSA) is 80.7 Å². The van der Waals surface area contributed by atoms with E-state index in [1.165, 1.54) is 18.7 Å². The van der Waals surface area contributed by atoms with Gasteiger partial charge in [-0.2, -0.15) is 0 Å². The Bertz CT molecular complexity index is 252. The molecular weight excluding hydrogens is 232 g/mol. The molecule has 16 heavy (non-hydrogen) atoms. The van der Waals surface area contributed by atoms with Crippen molar-refractivity contribution in [1.29, 1.82) is 0 Å². The summed E-state index contributed by atoms with van der Waals surface area (Å²) >= 11 is 1.27. The largest absolute Gasteiger partial charge is 0.479 e. The molecule has 0 aromatic carbocycles. The van der Waals surface area contributed by atoms with Crippen molar-refractivity contribution >= 4 is 28.8 Å². The Balaban J connectivity index is 3.27. The maximum absolute atomic E-state index is 10.9. The molecule has 0 aromatic heterocycles. The molecular formula is C10H16O5S. The van der Waals surface area contributed by atoms with Crippen LogP contribution in [-0.4, -0.2) is 34.5 Å². The van der Waals surface area contributed by atoms with Gasteiger partial charge in [-0.05, 0) is 12.8 Å². The van der Waals surface area contributed by atoms with Crippen LogP contribution in [0.3, 0.4) is 0 Å². The normalized spacial score (nSPS) is 9.81. The summed E-state index contributed by atoms with van der Waals surface area (Å²) in [6, 6.07) is 0. The minimum atomic E-state index is -1.15. The summed E-state index contributed by atoms with van der Waals surface area (Å²) < 4.78 is 4.45. The fourth-order valence-electron chi connectivity index (χ4n) is 0.978. The number of esters is 1. The monoisotopic (exact) mass is 248 g/mol. The molecule has 1 N–H and O–H groups in total. The van der Waals surface area contributed by atoms with Crippen molar-refractivity contribution in [3.8, 4) is 0 Å². The first-order valence-electron chi connectivity index (χ1n) is 5.03.